The number of thiophene rings is 1. The van der Waals surface area contributed by atoms with Gasteiger partial charge in [-0.2, -0.15) is 0 Å². The lowest BCUT2D eigenvalue weighted by molar-refractivity contribution is -0.130. The monoisotopic (exact) mass is 409 g/mol. The van der Waals surface area contributed by atoms with Gasteiger partial charge in [0.1, 0.15) is 10.6 Å². The fraction of sp³-hybridized carbons (Fsp3) is 0.217. The fourth-order valence-corrected chi connectivity index (χ4v) is 3.40. The molecular formula is C23H23NO4S. The molecule has 0 aliphatic carbocycles. The lowest BCUT2D eigenvalue weighted by Crippen LogP contribution is -2.32. The van der Waals surface area contributed by atoms with Crippen molar-refractivity contribution < 1.29 is 19.1 Å². The van der Waals surface area contributed by atoms with E-state index in [1.165, 1.54) is 11.3 Å². The van der Waals surface area contributed by atoms with E-state index >= 15 is 0 Å². The zero-order valence-electron chi connectivity index (χ0n) is 16.4. The molecule has 2 aromatic carbocycles. The van der Waals surface area contributed by atoms with Crippen molar-refractivity contribution in [1.29, 1.82) is 0 Å². The number of carbonyl (C=O) groups is 2. The molecule has 1 atom stereocenters. The first-order valence-electron chi connectivity index (χ1n) is 9.38. The molecule has 1 amide bonds. The van der Waals surface area contributed by atoms with Crippen LogP contribution < -0.4 is 10.1 Å². The highest BCUT2D eigenvalue weighted by Gasteiger charge is 2.28. The summed E-state index contributed by atoms with van der Waals surface area (Å²) in [7, 11) is 0. The maximum Gasteiger partial charge on any atom is 0.349 e. The highest BCUT2D eigenvalue weighted by atomic mass is 32.1. The van der Waals surface area contributed by atoms with Gasteiger partial charge in [-0.15, -0.1) is 11.3 Å². The van der Waals surface area contributed by atoms with Gasteiger partial charge in [-0.1, -0.05) is 54.1 Å². The standard InChI is InChI=1S/C23H23NO4S/c1-3-27-19-8-5-4-7-18(19)21(28-23(26)20-9-6-14-29-20)22(25)24-15-17-12-10-16(2)11-13-17/h4-14,21H,3,15H2,1-2H3,(H,24,25)/t21-/m1/s1. The van der Waals surface area contributed by atoms with E-state index in [2.05, 4.69) is 5.32 Å². The van der Waals surface area contributed by atoms with Crippen LogP contribution in [0.4, 0.5) is 0 Å². The Balaban J connectivity index is 1.82. The normalized spacial score (nSPS) is 11.5. The van der Waals surface area contributed by atoms with Crippen LogP contribution >= 0.6 is 11.3 Å². The van der Waals surface area contributed by atoms with Crippen molar-refractivity contribution in [1.82, 2.24) is 5.32 Å². The average molecular weight is 410 g/mol. The zero-order valence-corrected chi connectivity index (χ0v) is 17.2. The molecule has 1 heterocycles. The van der Waals surface area contributed by atoms with E-state index < -0.39 is 18.0 Å². The van der Waals surface area contributed by atoms with E-state index in [1.807, 2.05) is 44.2 Å². The van der Waals surface area contributed by atoms with Gasteiger partial charge in [0.2, 0.25) is 6.10 Å². The molecule has 0 fully saturated rings. The van der Waals surface area contributed by atoms with Crippen LogP contribution in [0.25, 0.3) is 0 Å². The minimum Gasteiger partial charge on any atom is -0.493 e. The van der Waals surface area contributed by atoms with Crippen LogP contribution in [-0.4, -0.2) is 18.5 Å². The van der Waals surface area contributed by atoms with Gasteiger partial charge in [0.15, 0.2) is 0 Å². The Morgan fingerprint density at radius 1 is 1.03 bits per heavy atom. The van der Waals surface area contributed by atoms with E-state index in [9.17, 15) is 9.59 Å². The van der Waals surface area contributed by atoms with Gasteiger partial charge in [0, 0.05) is 12.1 Å². The predicted molar refractivity (Wildman–Crippen MR) is 113 cm³/mol. The molecule has 6 heteroatoms. The molecule has 1 aromatic heterocycles. The highest BCUT2D eigenvalue weighted by Crippen LogP contribution is 2.29. The van der Waals surface area contributed by atoms with Crippen molar-refractivity contribution in [3.63, 3.8) is 0 Å². The summed E-state index contributed by atoms with van der Waals surface area (Å²) in [5.74, 6) is -0.422. The van der Waals surface area contributed by atoms with Crippen molar-refractivity contribution in [2.45, 2.75) is 26.5 Å². The summed E-state index contributed by atoms with van der Waals surface area (Å²) in [6.07, 6.45) is -1.11. The number of hydrogen-bond donors (Lipinski definition) is 1. The largest absolute Gasteiger partial charge is 0.493 e. The second-order valence-electron chi connectivity index (χ2n) is 6.44. The Labute approximate surface area is 174 Å². The Hall–Kier alpha value is -3.12. The van der Waals surface area contributed by atoms with Crippen LogP contribution in [0.5, 0.6) is 5.75 Å². The van der Waals surface area contributed by atoms with Gasteiger partial charge in [-0.3, -0.25) is 4.79 Å². The Kier molecular flexibility index (Phi) is 7.03. The van der Waals surface area contributed by atoms with Crippen LogP contribution in [-0.2, 0) is 16.1 Å². The topological polar surface area (TPSA) is 64.6 Å². The molecule has 29 heavy (non-hydrogen) atoms. The minimum absolute atomic E-state index is 0.336. The summed E-state index contributed by atoms with van der Waals surface area (Å²) in [6, 6.07) is 18.4. The lowest BCUT2D eigenvalue weighted by Gasteiger charge is -2.20. The number of amides is 1. The summed E-state index contributed by atoms with van der Waals surface area (Å²) in [5, 5.41) is 4.66. The smallest absolute Gasteiger partial charge is 0.349 e. The van der Waals surface area contributed by atoms with Gasteiger partial charge < -0.3 is 14.8 Å². The fourth-order valence-electron chi connectivity index (χ4n) is 2.79. The van der Waals surface area contributed by atoms with Crippen LogP contribution in [0.15, 0.2) is 66.0 Å². The van der Waals surface area contributed by atoms with Crippen LogP contribution in [0.3, 0.4) is 0 Å². The molecule has 3 rings (SSSR count). The first-order valence-corrected chi connectivity index (χ1v) is 10.3. The number of ether oxygens (including phenoxy) is 2. The van der Waals surface area contributed by atoms with Gasteiger partial charge in [-0.05, 0) is 36.9 Å². The second-order valence-corrected chi connectivity index (χ2v) is 7.38. The number of esters is 1. The quantitative estimate of drug-likeness (QED) is 0.549. The lowest BCUT2D eigenvalue weighted by atomic mass is 10.1. The second kappa shape index (κ2) is 9.89. The molecule has 0 radical (unpaired) electrons. The molecule has 0 bridgehead atoms. The van der Waals surface area contributed by atoms with Gasteiger partial charge in [-0.25, -0.2) is 4.79 Å². The molecule has 1 N–H and O–H groups in total. The molecule has 150 valence electrons. The summed E-state index contributed by atoms with van der Waals surface area (Å²) >= 11 is 1.27. The van der Waals surface area contributed by atoms with Crippen molar-refractivity contribution in [3.05, 3.63) is 87.6 Å². The molecule has 0 aliphatic heterocycles. The molecule has 0 saturated heterocycles. The number of benzene rings is 2. The molecular weight excluding hydrogens is 386 g/mol. The Morgan fingerprint density at radius 2 is 1.79 bits per heavy atom. The first kappa shape index (κ1) is 20.6. The molecule has 0 spiro atoms. The third kappa shape index (κ3) is 5.45. The minimum atomic E-state index is -1.11. The maximum absolute atomic E-state index is 13.0. The number of nitrogens with one attached hydrogen (secondary N) is 1. The van der Waals surface area contributed by atoms with E-state index in [0.29, 0.717) is 29.3 Å². The summed E-state index contributed by atoms with van der Waals surface area (Å²) in [4.78, 5) is 26.0. The van der Waals surface area contributed by atoms with Crippen LogP contribution in [0, 0.1) is 6.92 Å². The Bertz CT molecular complexity index is 951. The van der Waals surface area contributed by atoms with E-state index in [4.69, 9.17) is 9.47 Å². The first-order chi connectivity index (χ1) is 14.1. The molecule has 0 saturated carbocycles. The van der Waals surface area contributed by atoms with Crippen molar-refractivity contribution >= 4 is 23.2 Å². The molecule has 5 nitrogen and oxygen atoms in total. The number of carbonyl (C=O) groups excluding carboxylic acids is 2. The van der Waals surface area contributed by atoms with Gasteiger partial charge in [0.25, 0.3) is 5.91 Å². The summed E-state index contributed by atoms with van der Waals surface area (Å²) in [6.45, 7) is 4.64. The van der Waals surface area contributed by atoms with Crippen molar-refractivity contribution in [2.24, 2.45) is 0 Å². The molecule has 3 aromatic rings. The van der Waals surface area contributed by atoms with Gasteiger partial charge >= 0.3 is 5.97 Å². The predicted octanol–water partition coefficient (Wildman–Crippen LogP) is 4.67. The number of para-hydroxylation sites is 1. The van der Waals surface area contributed by atoms with Crippen LogP contribution in [0.1, 0.15) is 39.4 Å². The summed E-state index contributed by atoms with van der Waals surface area (Å²) in [5.41, 5.74) is 2.62. The number of aryl methyl sites for hydroxylation is 1. The summed E-state index contributed by atoms with van der Waals surface area (Å²) < 4.78 is 11.3. The molecule has 0 unspecified atom stereocenters. The van der Waals surface area contributed by atoms with E-state index in [1.54, 1.807) is 35.7 Å². The van der Waals surface area contributed by atoms with Crippen molar-refractivity contribution in [3.8, 4) is 5.75 Å². The SMILES string of the molecule is CCOc1ccccc1[C@@H](OC(=O)c1cccs1)C(=O)NCc1ccc(C)cc1. The maximum atomic E-state index is 13.0. The zero-order chi connectivity index (χ0) is 20.6. The molecule has 0 aliphatic rings. The van der Waals surface area contributed by atoms with Crippen LogP contribution in [0.2, 0.25) is 0 Å². The van der Waals surface area contributed by atoms with E-state index in [-0.39, 0.29) is 0 Å². The third-order valence-electron chi connectivity index (χ3n) is 4.27. The third-order valence-corrected chi connectivity index (χ3v) is 5.12. The average Bonchev–Trinajstić information content (AvgIpc) is 3.27. The number of hydrogen-bond acceptors (Lipinski definition) is 5. The number of rotatable bonds is 8. The highest BCUT2D eigenvalue weighted by molar-refractivity contribution is 7.11. The van der Waals surface area contributed by atoms with E-state index in [0.717, 1.165) is 11.1 Å². The Morgan fingerprint density at radius 3 is 2.48 bits per heavy atom. The van der Waals surface area contributed by atoms with Gasteiger partial charge in [0.05, 0.1) is 6.61 Å². The van der Waals surface area contributed by atoms with Crippen molar-refractivity contribution in [2.75, 3.05) is 6.61 Å².